The number of carbonyl (C=O) groups excluding carboxylic acids is 1. The Balaban J connectivity index is 1.74. The van der Waals surface area contributed by atoms with E-state index in [1.807, 2.05) is 24.3 Å². The molecule has 1 aliphatic heterocycles. The van der Waals surface area contributed by atoms with Gasteiger partial charge in [0.15, 0.2) is 0 Å². The summed E-state index contributed by atoms with van der Waals surface area (Å²) in [6.45, 7) is 4.88. The molecule has 4 heteroatoms. The summed E-state index contributed by atoms with van der Waals surface area (Å²) in [5, 5.41) is 0. The smallest absolute Gasteiger partial charge is 0.210 e. The third-order valence-corrected chi connectivity index (χ3v) is 6.14. The molecular formula is C24H20BrNO2. The van der Waals surface area contributed by atoms with Gasteiger partial charge in [0.25, 0.3) is 0 Å². The first-order valence-electron chi connectivity index (χ1n) is 9.55. The molecule has 2 aliphatic carbocycles. The van der Waals surface area contributed by atoms with Crippen molar-refractivity contribution in [2.24, 2.45) is 0 Å². The van der Waals surface area contributed by atoms with E-state index in [0.29, 0.717) is 13.2 Å². The molecule has 28 heavy (non-hydrogen) atoms. The second-order valence-corrected chi connectivity index (χ2v) is 8.27. The van der Waals surface area contributed by atoms with Gasteiger partial charge in [-0.1, -0.05) is 46.3 Å². The number of fused-ring (bicyclic) bond motifs is 3. The van der Waals surface area contributed by atoms with E-state index < -0.39 is 0 Å². The van der Waals surface area contributed by atoms with Crippen LogP contribution in [0.15, 0.2) is 64.3 Å². The second kappa shape index (κ2) is 6.87. The fourth-order valence-electron chi connectivity index (χ4n) is 4.29. The molecule has 1 fully saturated rings. The number of morpholine rings is 1. The minimum Gasteiger partial charge on any atom is -0.378 e. The lowest BCUT2D eigenvalue weighted by Gasteiger charge is -2.34. The predicted molar refractivity (Wildman–Crippen MR) is 116 cm³/mol. The van der Waals surface area contributed by atoms with Crippen LogP contribution in [0.1, 0.15) is 22.3 Å². The van der Waals surface area contributed by atoms with Crippen LogP contribution in [0, 0.1) is 6.92 Å². The standard InChI is InChI=1S/C24H20BrNO2/c1-15-12-17(25)6-7-18(15)21-14-20-19-5-3-2-4-16(19)13-22(20)24(27)23(21)26-8-10-28-11-9-26/h2-7,12-14H,8-11H2,1H3. The molecule has 1 heterocycles. The highest BCUT2D eigenvalue weighted by atomic mass is 79.9. The number of carbonyl (C=O) groups is 1. The van der Waals surface area contributed by atoms with Crippen molar-refractivity contribution in [1.29, 1.82) is 0 Å². The molecule has 0 spiro atoms. The van der Waals surface area contributed by atoms with Crippen LogP contribution in [0.2, 0.25) is 0 Å². The zero-order chi connectivity index (χ0) is 19.3. The Morgan fingerprint density at radius 3 is 2.54 bits per heavy atom. The number of aryl methyl sites for hydroxylation is 1. The maximum Gasteiger partial charge on any atom is 0.210 e. The molecule has 0 atom stereocenters. The van der Waals surface area contributed by atoms with Crippen LogP contribution < -0.4 is 0 Å². The van der Waals surface area contributed by atoms with E-state index in [2.05, 4.69) is 58.1 Å². The van der Waals surface area contributed by atoms with Crippen LogP contribution in [-0.2, 0) is 9.53 Å². The maximum absolute atomic E-state index is 13.7. The summed E-state index contributed by atoms with van der Waals surface area (Å²) < 4.78 is 6.58. The largest absolute Gasteiger partial charge is 0.378 e. The molecule has 0 unspecified atom stereocenters. The molecule has 0 aromatic heterocycles. The zero-order valence-electron chi connectivity index (χ0n) is 15.7. The van der Waals surface area contributed by atoms with Crippen molar-refractivity contribution in [2.75, 3.05) is 26.3 Å². The van der Waals surface area contributed by atoms with Gasteiger partial charge >= 0.3 is 0 Å². The summed E-state index contributed by atoms with van der Waals surface area (Å²) in [5.74, 6) is 0.118. The van der Waals surface area contributed by atoms with Crippen molar-refractivity contribution in [2.45, 2.75) is 6.92 Å². The average molecular weight is 434 g/mol. The summed E-state index contributed by atoms with van der Waals surface area (Å²) in [5.41, 5.74) is 8.17. The lowest BCUT2D eigenvalue weighted by atomic mass is 9.85. The Kier molecular flexibility index (Phi) is 4.33. The van der Waals surface area contributed by atoms with Gasteiger partial charge in [-0.25, -0.2) is 0 Å². The second-order valence-electron chi connectivity index (χ2n) is 7.35. The number of nitrogens with zero attached hydrogens (tertiary/aromatic N) is 1. The first-order chi connectivity index (χ1) is 13.6. The first-order valence-corrected chi connectivity index (χ1v) is 10.3. The molecule has 3 nitrogen and oxygen atoms in total. The molecule has 0 N–H and O–H groups in total. The van der Waals surface area contributed by atoms with Gasteiger partial charge in [0, 0.05) is 28.7 Å². The summed E-state index contributed by atoms with van der Waals surface area (Å²) in [6, 6.07) is 14.5. The van der Waals surface area contributed by atoms with Gasteiger partial charge in [0.05, 0.1) is 18.9 Å². The Hall–Kier alpha value is -2.43. The van der Waals surface area contributed by atoms with Crippen LogP contribution in [0.3, 0.4) is 0 Å². The van der Waals surface area contributed by atoms with Gasteiger partial charge in [-0.05, 0) is 59.0 Å². The summed E-state index contributed by atoms with van der Waals surface area (Å²) in [4.78, 5) is 15.9. The summed E-state index contributed by atoms with van der Waals surface area (Å²) in [7, 11) is 0. The summed E-state index contributed by atoms with van der Waals surface area (Å²) >= 11 is 3.56. The van der Waals surface area contributed by atoms with Gasteiger partial charge in [0.2, 0.25) is 5.78 Å². The monoisotopic (exact) mass is 433 g/mol. The maximum atomic E-state index is 13.7. The van der Waals surface area contributed by atoms with Gasteiger partial charge in [-0.3, -0.25) is 4.79 Å². The van der Waals surface area contributed by atoms with Gasteiger partial charge in [-0.15, -0.1) is 0 Å². The third kappa shape index (κ3) is 2.79. The number of hydrogen-bond donors (Lipinski definition) is 0. The first kappa shape index (κ1) is 17.7. The van der Waals surface area contributed by atoms with E-state index >= 15 is 0 Å². The Morgan fingerprint density at radius 2 is 1.75 bits per heavy atom. The Labute approximate surface area is 173 Å². The highest BCUT2D eigenvalue weighted by Crippen LogP contribution is 2.44. The van der Waals surface area contributed by atoms with Crippen LogP contribution >= 0.6 is 15.9 Å². The highest BCUT2D eigenvalue weighted by molar-refractivity contribution is 9.10. The molecule has 2 aromatic rings. The van der Waals surface area contributed by atoms with Crippen LogP contribution in [0.4, 0.5) is 0 Å². The number of ketones is 1. The van der Waals surface area contributed by atoms with Crippen molar-refractivity contribution < 1.29 is 9.53 Å². The van der Waals surface area contributed by atoms with Gasteiger partial charge < -0.3 is 9.64 Å². The van der Waals surface area contributed by atoms with E-state index in [0.717, 1.165) is 62.2 Å². The highest BCUT2D eigenvalue weighted by Gasteiger charge is 2.35. The quantitative estimate of drug-likeness (QED) is 0.676. The molecule has 3 aliphatic rings. The van der Waals surface area contributed by atoms with Crippen molar-refractivity contribution in [3.63, 3.8) is 0 Å². The summed E-state index contributed by atoms with van der Waals surface area (Å²) in [6.07, 6.45) is 4.25. The number of hydrogen-bond acceptors (Lipinski definition) is 3. The average Bonchev–Trinajstić information content (AvgIpc) is 3.08. The molecule has 5 rings (SSSR count). The van der Waals surface area contributed by atoms with E-state index in [1.54, 1.807) is 0 Å². The fourth-order valence-corrected chi connectivity index (χ4v) is 4.76. The van der Waals surface area contributed by atoms with Gasteiger partial charge in [-0.2, -0.15) is 0 Å². The Bertz CT molecular complexity index is 1090. The lowest BCUT2D eigenvalue weighted by Crippen LogP contribution is -2.39. The molecule has 2 aromatic carbocycles. The van der Waals surface area contributed by atoms with E-state index in [-0.39, 0.29) is 5.78 Å². The number of rotatable bonds is 2. The topological polar surface area (TPSA) is 29.5 Å². The SMILES string of the molecule is Cc1cc(Br)ccc1C1=C(N2CCOCC2)C(=O)C2=Cc3ccccc3C2=C1. The van der Waals surface area contributed by atoms with Crippen molar-refractivity contribution in [1.82, 2.24) is 4.90 Å². The number of benzene rings is 2. The molecule has 1 saturated heterocycles. The molecule has 0 amide bonds. The number of allylic oxidation sites excluding steroid dienone is 4. The number of ether oxygens (including phenoxy) is 1. The van der Waals surface area contributed by atoms with Crippen molar-refractivity contribution in [3.05, 3.63) is 86.5 Å². The minimum absolute atomic E-state index is 0.118. The van der Waals surface area contributed by atoms with Crippen molar-refractivity contribution >= 4 is 38.9 Å². The van der Waals surface area contributed by atoms with Crippen LogP contribution in [0.5, 0.6) is 0 Å². The minimum atomic E-state index is 0.118. The zero-order valence-corrected chi connectivity index (χ0v) is 17.3. The van der Waals surface area contributed by atoms with E-state index in [9.17, 15) is 4.79 Å². The lowest BCUT2D eigenvalue weighted by molar-refractivity contribution is -0.113. The van der Waals surface area contributed by atoms with Crippen molar-refractivity contribution in [3.8, 4) is 0 Å². The Morgan fingerprint density at radius 1 is 0.964 bits per heavy atom. The van der Waals surface area contributed by atoms with E-state index in [4.69, 9.17) is 4.74 Å². The molecule has 0 bridgehead atoms. The number of Topliss-reactive ketones (excluding diaryl/α,β-unsaturated/α-hetero) is 1. The van der Waals surface area contributed by atoms with Gasteiger partial charge in [0.1, 0.15) is 0 Å². The predicted octanol–water partition coefficient (Wildman–Crippen LogP) is 4.86. The molecule has 140 valence electrons. The van der Waals surface area contributed by atoms with E-state index in [1.165, 1.54) is 0 Å². The fraction of sp³-hybridized carbons (Fsp3) is 0.208. The normalized spacial score (nSPS) is 18.6. The van der Waals surface area contributed by atoms with Crippen LogP contribution in [-0.4, -0.2) is 37.0 Å². The molecular weight excluding hydrogens is 414 g/mol. The third-order valence-electron chi connectivity index (χ3n) is 5.65. The van der Waals surface area contributed by atoms with Crippen LogP contribution in [0.25, 0.3) is 17.2 Å². The number of halogens is 1. The molecule has 0 saturated carbocycles. The molecule has 0 radical (unpaired) electrons.